The molecular weight excluding hydrogens is 250 g/mol. The summed E-state index contributed by atoms with van der Waals surface area (Å²) in [4.78, 5) is 21.8. The van der Waals surface area contributed by atoms with Crippen LogP contribution in [0.5, 0.6) is 0 Å². The Bertz CT molecular complexity index is 528. The van der Waals surface area contributed by atoms with Crippen LogP contribution in [0, 0.1) is 10.1 Å². The number of hydrogen-bond acceptors (Lipinski definition) is 5. The predicted molar refractivity (Wildman–Crippen MR) is 70.2 cm³/mol. The maximum atomic E-state index is 11.3. The highest BCUT2D eigenvalue weighted by Crippen LogP contribution is 2.34. The Kier molecular flexibility index (Phi) is 3.66. The third-order valence-corrected chi connectivity index (χ3v) is 2.90. The Balaban J connectivity index is 2.36. The summed E-state index contributed by atoms with van der Waals surface area (Å²) in [6.07, 6.45) is 0.332. The average molecular weight is 265 g/mol. The predicted octanol–water partition coefficient (Wildman–Crippen LogP) is 1.27. The zero-order chi connectivity index (χ0) is 14.0. The van der Waals surface area contributed by atoms with E-state index in [1.54, 1.807) is 13.0 Å². The lowest BCUT2D eigenvalue weighted by Gasteiger charge is -2.18. The number of nitrogens with one attached hydrogen (secondary N) is 2. The molecule has 7 heteroatoms. The van der Waals surface area contributed by atoms with Crippen molar-refractivity contribution in [1.29, 1.82) is 0 Å². The van der Waals surface area contributed by atoms with Crippen molar-refractivity contribution >= 4 is 23.0 Å². The second-order valence-electron chi connectivity index (χ2n) is 4.56. The lowest BCUT2D eigenvalue weighted by molar-refractivity contribution is -0.383. The molecule has 1 aromatic rings. The summed E-state index contributed by atoms with van der Waals surface area (Å²) in [5.74, 6) is -0.133. The highest BCUT2D eigenvalue weighted by atomic mass is 16.6. The zero-order valence-corrected chi connectivity index (χ0v) is 10.5. The van der Waals surface area contributed by atoms with Crippen molar-refractivity contribution in [3.05, 3.63) is 27.8 Å². The Morgan fingerprint density at radius 2 is 2.26 bits per heavy atom. The normalized spacial score (nSPS) is 15.4. The van der Waals surface area contributed by atoms with Gasteiger partial charge in [-0.2, -0.15) is 0 Å². The molecule has 0 radical (unpaired) electrons. The van der Waals surface area contributed by atoms with Gasteiger partial charge in [-0.3, -0.25) is 14.9 Å². The van der Waals surface area contributed by atoms with Gasteiger partial charge in [0.1, 0.15) is 5.69 Å². The summed E-state index contributed by atoms with van der Waals surface area (Å²) in [5, 5.41) is 25.7. The van der Waals surface area contributed by atoms with Crippen molar-refractivity contribution in [2.45, 2.75) is 25.9 Å². The number of nitro benzene ring substituents is 1. The van der Waals surface area contributed by atoms with Crippen LogP contribution in [0.4, 0.5) is 17.1 Å². The number of carbonyl (C=O) groups is 1. The van der Waals surface area contributed by atoms with Crippen LogP contribution in [0.3, 0.4) is 0 Å². The first-order valence-electron chi connectivity index (χ1n) is 6.00. The van der Waals surface area contributed by atoms with Gasteiger partial charge in [-0.05, 0) is 25.0 Å². The first kappa shape index (κ1) is 13.3. The van der Waals surface area contributed by atoms with Crippen LogP contribution in [0.2, 0.25) is 0 Å². The van der Waals surface area contributed by atoms with Crippen molar-refractivity contribution < 1.29 is 14.8 Å². The summed E-state index contributed by atoms with van der Waals surface area (Å²) < 4.78 is 0. The number of hydrogen-bond donors (Lipinski definition) is 3. The molecule has 0 spiro atoms. The molecule has 1 heterocycles. The molecule has 19 heavy (non-hydrogen) atoms. The number of fused-ring (bicyclic) bond motifs is 1. The van der Waals surface area contributed by atoms with Gasteiger partial charge in [0.25, 0.3) is 5.69 Å². The zero-order valence-electron chi connectivity index (χ0n) is 10.5. The van der Waals surface area contributed by atoms with Gasteiger partial charge in [0.15, 0.2) is 0 Å². The second-order valence-corrected chi connectivity index (χ2v) is 4.56. The molecule has 102 valence electrons. The lowest BCUT2D eigenvalue weighted by Crippen LogP contribution is -2.20. The van der Waals surface area contributed by atoms with E-state index in [4.69, 9.17) is 0 Å². The van der Waals surface area contributed by atoms with Gasteiger partial charge in [0, 0.05) is 19.0 Å². The van der Waals surface area contributed by atoms with E-state index in [9.17, 15) is 20.0 Å². The molecule has 2 rings (SSSR count). The van der Waals surface area contributed by atoms with Crippen molar-refractivity contribution in [2.75, 3.05) is 17.2 Å². The molecule has 3 N–H and O–H groups in total. The molecule has 1 amide bonds. The number of benzene rings is 1. The van der Waals surface area contributed by atoms with Crippen LogP contribution >= 0.6 is 0 Å². The van der Waals surface area contributed by atoms with E-state index in [-0.39, 0.29) is 18.1 Å². The first-order chi connectivity index (χ1) is 8.97. The van der Waals surface area contributed by atoms with E-state index in [2.05, 4.69) is 10.6 Å². The number of rotatable bonds is 4. The summed E-state index contributed by atoms with van der Waals surface area (Å²) in [6.45, 7) is 1.82. The van der Waals surface area contributed by atoms with E-state index >= 15 is 0 Å². The molecular formula is C12H15N3O4. The maximum Gasteiger partial charge on any atom is 0.294 e. The van der Waals surface area contributed by atoms with Crippen LogP contribution in [-0.4, -0.2) is 28.6 Å². The van der Waals surface area contributed by atoms with E-state index in [1.165, 1.54) is 6.07 Å². The van der Waals surface area contributed by atoms with Crippen molar-refractivity contribution in [3.8, 4) is 0 Å². The van der Waals surface area contributed by atoms with Crippen molar-refractivity contribution in [2.24, 2.45) is 0 Å². The molecule has 1 aliphatic heterocycles. The molecule has 0 saturated heterocycles. The number of nitro groups is 1. The summed E-state index contributed by atoms with van der Waals surface area (Å²) in [6, 6.07) is 3.02. The first-order valence-corrected chi connectivity index (χ1v) is 6.00. The minimum atomic E-state index is -0.602. The highest BCUT2D eigenvalue weighted by molar-refractivity contribution is 5.95. The van der Waals surface area contributed by atoms with E-state index in [0.717, 1.165) is 5.56 Å². The van der Waals surface area contributed by atoms with Crippen molar-refractivity contribution in [3.63, 3.8) is 0 Å². The largest absolute Gasteiger partial charge is 0.392 e. The second kappa shape index (κ2) is 5.23. The molecule has 7 nitrogen and oxygen atoms in total. The molecule has 0 aliphatic carbocycles. The van der Waals surface area contributed by atoms with Crippen LogP contribution in [0.1, 0.15) is 18.9 Å². The minimum absolute atomic E-state index is 0.110. The molecule has 0 bridgehead atoms. The van der Waals surface area contributed by atoms with Gasteiger partial charge in [0.05, 0.1) is 16.7 Å². The Hall–Kier alpha value is -2.15. The molecule has 0 fully saturated rings. The van der Waals surface area contributed by atoms with Gasteiger partial charge < -0.3 is 15.7 Å². The molecule has 0 aromatic heterocycles. The van der Waals surface area contributed by atoms with Crippen LogP contribution in [-0.2, 0) is 11.2 Å². The quantitative estimate of drug-likeness (QED) is 0.561. The van der Waals surface area contributed by atoms with Gasteiger partial charge in [-0.15, -0.1) is 0 Å². The molecule has 0 saturated carbocycles. The van der Waals surface area contributed by atoms with Crippen molar-refractivity contribution in [1.82, 2.24) is 0 Å². The summed E-state index contributed by atoms with van der Waals surface area (Å²) >= 11 is 0. The van der Waals surface area contributed by atoms with Gasteiger partial charge in [-0.25, -0.2) is 0 Å². The molecule has 1 unspecified atom stereocenters. The summed E-state index contributed by atoms with van der Waals surface area (Å²) in [5.41, 5.74) is 1.60. The standard InChI is InChI=1S/C12H15N3O4/c1-7(16)6-13-10-4-8-2-3-12(17)14-9(8)5-11(10)15(18)19/h4-5,7,13,16H,2-3,6H2,1H3,(H,14,17). The van der Waals surface area contributed by atoms with Gasteiger partial charge in [-0.1, -0.05) is 0 Å². The fourth-order valence-electron chi connectivity index (χ4n) is 1.97. The molecule has 1 aromatic carbocycles. The Morgan fingerprint density at radius 3 is 2.89 bits per heavy atom. The number of carbonyl (C=O) groups excluding carboxylic acids is 1. The number of amides is 1. The molecule has 1 atom stereocenters. The van der Waals surface area contributed by atoms with Gasteiger partial charge >= 0.3 is 0 Å². The Morgan fingerprint density at radius 1 is 1.53 bits per heavy atom. The van der Waals surface area contributed by atoms with E-state index < -0.39 is 11.0 Å². The topological polar surface area (TPSA) is 104 Å². The Labute approximate surface area is 109 Å². The SMILES string of the molecule is CC(O)CNc1cc2c(cc1[N+](=O)[O-])NC(=O)CC2. The smallest absolute Gasteiger partial charge is 0.294 e. The fourth-order valence-corrected chi connectivity index (χ4v) is 1.97. The van der Waals surface area contributed by atoms with Crippen LogP contribution in [0.25, 0.3) is 0 Å². The van der Waals surface area contributed by atoms with Crippen LogP contribution < -0.4 is 10.6 Å². The number of aliphatic hydroxyl groups excluding tert-OH is 1. The maximum absolute atomic E-state index is 11.3. The van der Waals surface area contributed by atoms with Crippen LogP contribution in [0.15, 0.2) is 12.1 Å². The lowest BCUT2D eigenvalue weighted by atomic mass is 10.0. The van der Waals surface area contributed by atoms with E-state index in [1.807, 2.05) is 0 Å². The minimum Gasteiger partial charge on any atom is -0.392 e. The fraction of sp³-hybridized carbons (Fsp3) is 0.417. The molecule has 1 aliphatic rings. The number of aliphatic hydroxyl groups is 1. The average Bonchev–Trinajstić information content (AvgIpc) is 2.35. The number of nitrogens with zero attached hydrogens (tertiary/aromatic N) is 1. The number of aryl methyl sites for hydroxylation is 1. The van der Waals surface area contributed by atoms with E-state index in [0.29, 0.717) is 24.2 Å². The highest BCUT2D eigenvalue weighted by Gasteiger charge is 2.22. The summed E-state index contributed by atoms with van der Waals surface area (Å²) in [7, 11) is 0. The third kappa shape index (κ3) is 3.00. The van der Waals surface area contributed by atoms with Gasteiger partial charge in [0.2, 0.25) is 5.91 Å². The number of anilines is 2. The monoisotopic (exact) mass is 265 g/mol. The third-order valence-electron chi connectivity index (χ3n) is 2.90.